The molecular formula is C15H26N2O2. The standard InChI is InChI=1S/C15H26N2O2/c1-4-16-8-15-12(2)7-14(19-15)10-17-6-5-13(9-17)11-18-3/h7,13,16H,4-6,8-11H2,1-3H3. The Morgan fingerprint density at radius 3 is 3.11 bits per heavy atom. The molecule has 1 saturated heterocycles. The number of nitrogens with one attached hydrogen (secondary N) is 1. The lowest BCUT2D eigenvalue weighted by molar-refractivity contribution is 0.151. The van der Waals surface area contributed by atoms with Gasteiger partial charge in [0.15, 0.2) is 0 Å². The zero-order chi connectivity index (χ0) is 13.7. The molecule has 1 atom stereocenters. The quantitative estimate of drug-likeness (QED) is 0.821. The van der Waals surface area contributed by atoms with Crippen LogP contribution in [0.3, 0.4) is 0 Å². The predicted molar refractivity (Wildman–Crippen MR) is 76.1 cm³/mol. The molecule has 0 amide bonds. The molecule has 0 bridgehead atoms. The third-order valence-electron chi connectivity index (χ3n) is 3.76. The first-order chi connectivity index (χ1) is 9.22. The van der Waals surface area contributed by atoms with Crippen molar-refractivity contribution in [2.75, 3.05) is 33.4 Å². The molecule has 2 heterocycles. The minimum atomic E-state index is 0.683. The molecule has 4 nitrogen and oxygen atoms in total. The fourth-order valence-electron chi connectivity index (χ4n) is 2.73. The highest BCUT2D eigenvalue weighted by Gasteiger charge is 2.23. The molecule has 0 aromatic carbocycles. The third kappa shape index (κ3) is 4.06. The van der Waals surface area contributed by atoms with Crippen molar-refractivity contribution in [1.82, 2.24) is 10.2 Å². The number of methoxy groups -OCH3 is 1. The van der Waals surface area contributed by atoms with Gasteiger partial charge in [0.25, 0.3) is 0 Å². The Balaban J connectivity index is 1.86. The number of likely N-dealkylation sites (tertiary alicyclic amines) is 1. The minimum absolute atomic E-state index is 0.683. The second-order valence-electron chi connectivity index (χ2n) is 5.44. The van der Waals surface area contributed by atoms with Crippen LogP contribution in [-0.4, -0.2) is 38.3 Å². The van der Waals surface area contributed by atoms with Crippen LogP contribution >= 0.6 is 0 Å². The van der Waals surface area contributed by atoms with Crippen molar-refractivity contribution in [3.8, 4) is 0 Å². The maximum atomic E-state index is 5.94. The van der Waals surface area contributed by atoms with Gasteiger partial charge in [-0.2, -0.15) is 0 Å². The number of ether oxygens (including phenoxy) is 1. The van der Waals surface area contributed by atoms with Crippen LogP contribution in [0.5, 0.6) is 0 Å². The summed E-state index contributed by atoms with van der Waals surface area (Å²) < 4.78 is 11.2. The molecular weight excluding hydrogens is 240 g/mol. The van der Waals surface area contributed by atoms with Gasteiger partial charge in [0, 0.05) is 13.7 Å². The molecule has 2 rings (SSSR count). The Kier molecular flexibility index (Phi) is 5.43. The van der Waals surface area contributed by atoms with Crippen molar-refractivity contribution < 1.29 is 9.15 Å². The first-order valence-corrected chi connectivity index (χ1v) is 7.23. The summed E-state index contributed by atoms with van der Waals surface area (Å²) >= 11 is 0. The Hall–Kier alpha value is -0.840. The van der Waals surface area contributed by atoms with Crippen molar-refractivity contribution >= 4 is 0 Å². The highest BCUT2D eigenvalue weighted by Crippen LogP contribution is 2.21. The van der Waals surface area contributed by atoms with E-state index in [0.29, 0.717) is 5.92 Å². The summed E-state index contributed by atoms with van der Waals surface area (Å²) in [5.41, 5.74) is 1.25. The van der Waals surface area contributed by atoms with Gasteiger partial charge in [-0.1, -0.05) is 6.92 Å². The molecule has 0 spiro atoms. The number of nitrogens with zero attached hydrogens (tertiary/aromatic N) is 1. The van der Waals surface area contributed by atoms with Gasteiger partial charge in [-0.3, -0.25) is 4.90 Å². The van der Waals surface area contributed by atoms with Gasteiger partial charge in [0.2, 0.25) is 0 Å². The van der Waals surface area contributed by atoms with E-state index in [1.807, 2.05) is 0 Å². The summed E-state index contributed by atoms with van der Waals surface area (Å²) in [6.07, 6.45) is 1.23. The largest absolute Gasteiger partial charge is 0.463 e. The van der Waals surface area contributed by atoms with Crippen molar-refractivity contribution in [3.63, 3.8) is 0 Å². The van der Waals surface area contributed by atoms with Crippen LogP contribution in [0.1, 0.15) is 30.4 Å². The number of aryl methyl sites for hydroxylation is 1. The molecule has 19 heavy (non-hydrogen) atoms. The zero-order valence-electron chi connectivity index (χ0n) is 12.4. The van der Waals surface area contributed by atoms with Crippen LogP contribution in [-0.2, 0) is 17.8 Å². The summed E-state index contributed by atoms with van der Waals surface area (Å²) in [6, 6.07) is 2.18. The first-order valence-electron chi connectivity index (χ1n) is 7.23. The highest BCUT2D eigenvalue weighted by atomic mass is 16.5. The van der Waals surface area contributed by atoms with Gasteiger partial charge < -0.3 is 14.5 Å². The average molecular weight is 266 g/mol. The van der Waals surface area contributed by atoms with Crippen LogP contribution < -0.4 is 5.32 Å². The average Bonchev–Trinajstić information content (AvgIpc) is 2.95. The van der Waals surface area contributed by atoms with E-state index < -0.39 is 0 Å². The van der Waals surface area contributed by atoms with E-state index in [0.717, 1.165) is 50.9 Å². The molecule has 0 aliphatic carbocycles. The van der Waals surface area contributed by atoms with Crippen LogP contribution in [0.2, 0.25) is 0 Å². The zero-order valence-corrected chi connectivity index (χ0v) is 12.4. The Morgan fingerprint density at radius 1 is 1.53 bits per heavy atom. The molecule has 1 fully saturated rings. The normalized spacial score (nSPS) is 20.3. The summed E-state index contributed by atoms with van der Waals surface area (Å²) in [5, 5.41) is 3.31. The second kappa shape index (κ2) is 7.08. The van der Waals surface area contributed by atoms with Crippen LogP contribution in [0.4, 0.5) is 0 Å². The van der Waals surface area contributed by atoms with Gasteiger partial charge in [-0.25, -0.2) is 0 Å². The maximum Gasteiger partial charge on any atom is 0.120 e. The predicted octanol–water partition coefficient (Wildman–Crippen LogP) is 2.17. The Labute approximate surface area is 116 Å². The molecule has 1 aromatic heterocycles. The van der Waals surface area contributed by atoms with E-state index in [4.69, 9.17) is 9.15 Å². The number of hydrogen-bond acceptors (Lipinski definition) is 4. The molecule has 1 aromatic rings. The fourth-order valence-corrected chi connectivity index (χ4v) is 2.73. The van der Waals surface area contributed by atoms with Crippen LogP contribution in [0, 0.1) is 12.8 Å². The molecule has 1 aliphatic rings. The van der Waals surface area contributed by atoms with E-state index in [-0.39, 0.29) is 0 Å². The summed E-state index contributed by atoms with van der Waals surface area (Å²) in [7, 11) is 1.78. The van der Waals surface area contributed by atoms with Crippen molar-refractivity contribution in [3.05, 3.63) is 23.2 Å². The van der Waals surface area contributed by atoms with Crippen molar-refractivity contribution in [2.45, 2.75) is 33.4 Å². The van der Waals surface area contributed by atoms with Crippen molar-refractivity contribution in [2.24, 2.45) is 5.92 Å². The van der Waals surface area contributed by atoms with Gasteiger partial charge in [0.1, 0.15) is 11.5 Å². The van der Waals surface area contributed by atoms with E-state index in [2.05, 4.69) is 30.1 Å². The van der Waals surface area contributed by atoms with E-state index >= 15 is 0 Å². The lowest BCUT2D eigenvalue weighted by Gasteiger charge is -2.14. The molecule has 1 unspecified atom stereocenters. The van der Waals surface area contributed by atoms with Gasteiger partial charge >= 0.3 is 0 Å². The molecule has 0 saturated carbocycles. The minimum Gasteiger partial charge on any atom is -0.463 e. The van der Waals surface area contributed by atoms with E-state index in [1.54, 1.807) is 7.11 Å². The summed E-state index contributed by atoms with van der Waals surface area (Å²) in [4.78, 5) is 2.46. The Morgan fingerprint density at radius 2 is 2.37 bits per heavy atom. The van der Waals surface area contributed by atoms with Crippen LogP contribution in [0.25, 0.3) is 0 Å². The molecule has 1 aliphatic heterocycles. The van der Waals surface area contributed by atoms with E-state index in [9.17, 15) is 0 Å². The molecule has 4 heteroatoms. The Bertz CT molecular complexity index is 389. The van der Waals surface area contributed by atoms with Gasteiger partial charge in [-0.05, 0) is 44.0 Å². The lowest BCUT2D eigenvalue weighted by Crippen LogP contribution is -2.21. The molecule has 0 radical (unpaired) electrons. The maximum absolute atomic E-state index is 5.94. The number of hydrogen-bond donors (Lipinski definition) is 1. The lowest BCUT2D eigenvalue weighted by atomic mass is 10.1. The monoisotopic (exact) mass is 266 g/mol. The third-order valence-corrected chi connectivity index (χ3v) is 3.76. The first kappa shape index (κ1) is 14.6. The topological polar surface area (TPSA) is 37.6 Å². The summed E-state index contributed by atoms with van der Waals surface area (Å²) in [6.45, 7) is 10.1. The second-order valence-corrected chi connectivity index (χ2v) is 5.44. The van der Waals surface area contributed by atoms with Crippen LogP contribution in [0.15, 0.2) is 10.5 Å². The van der Waals surface area contributed by atoms with Crippen molar-refractivity contribution in [1.29, 1.82) is 0 Å². The fraction of sp³-hybridized carbons (Fsp3) is 0.733. The SMILES string of the molecule is CCNCc1oc(CN2CCC(COC)C2)cc1C. The van der Waals surface area contributed by atoms with Gasteiger partial charge in [0.05, 0.1) is 19.7 Å². The number of furan rings is 1. The smallest absolute Gasteiger partial charge is 0.120 e. The molecule has 1 N–H and O–H groups in total. The molecule has 108 valence electrons. The number of rotatable bonds is 7. The highest BCUT2D eigenvalue weighted by molar-refractivity contribution is 5.20. The van der Waals surface area contributed by atoms with E-state index in [1.165, 1.54) is 12.0 Å². The summed E-state index contributed by atoms with van der Waals surface area (Å²) in [5.74, 6) is 2.84. The van der Waals surface area contributed by atoms with Gasteiger partial charge in [-0.15, -0.1) is 0 Å².